The Labute approximate surface area is 267 Å². The van der Waals surface area contributed by atoms with E-state index in [1.165, 1.54) is 0 Å². The van der Waals surface area contributed by atoms with E-state index in [9.17, 15) is 19.8 Å². The molecule has 0 unspecified atom stereocenters. The van der Waals surface area contributed by atoms with Crippen LogP contribution in [0.4, 0.5) is 0 Å². The van der Waals surface area contributed by atoms with Crippen molar-refractivity contribution in [2.75, 3.05) is 13.2 Å². The fourth-order valence-corrected chi connectivity index (χ4v) is 4.87. The first-order chi connectivity index (χ1) is 22.6. The van der Waals surface area contributed by atoms with E-state index in [4.69, 9.17) is 9.47 Å². The molecule has 0 aliphatic rings. The van der Waals surface area contributed by atoms with Gasteiger partial charge in [-0.05, 0) is 47.5 Å². The number of nitrogens with one attached hydrogen (secondary N) is 2. The lowest BCUT2D eigenvalue weighted by molar-refractivity contribution is 0.0904. The molecule has 1 heterocycles. The van der Waals surface area contributed by atoms with Crippen LogP contribution in [-0.4, -0.2) is 40.2 Å². The number of rotatable bonds is 14. The maximum absolute atomic E-state index is 13.1. The lowest BCUT2D eigenvalue weighted by Gasteiger charge is -2.18. The fraction of sp³-hybridized carbons (Fsp3) is 0.162. The molecule has 2 amide bonds. The molecule has 0 saturated carbocycles. The summed E-state index contributed by atoms with van der Waals surface area (Å²) < 4.78 is 12.0. The van der Waals surface area contributed by atoms with Crippen LogP contribution in [0.1, 0.15) is 55.3 Å². The highest BCUT2D eigenvalue weighted by atomic mass is 16.5. The lowest BCUT2D eigenvalue weighted by atomic mass is 10.1. The number of pyridine rings is 1. The Morgan fingerprint density at radius 1 is 0.543 bits per heavy atom. The number of para-hydroxylation sites is 2. The molecule has 46 heavy (non-hydrogen) atoms. The fourth-order valence-electron chi connectivity index (χ4n) is 4.87. The zero-order valence-corrected chi connectivity index (χ0v) is 25.1. The zero-order valence-electron chi connectivity index (χ0n) is 25.1. The third kappa shape index (κ3) is 8.35. The minimum absolute atomic E-state index is 0.0985. The van der Waals surface area contributed by atoms with Crippen molar-refractivity contribution < 1.29 is 29.3 Å². The van der Waals surface area contributed by atoms with Crippen molar-refractivity contribution in [2.24, 2.45) is 0 Å². The summed E-state index contributed by atoms with van der Waals surface area (Å²) in [7, 11) is 0. The minimum Gasteiger partial charge on any atom is -0.486 e. The standard InChI is InChI=1S/C37H35N3O6/c41-22-32(26-12-3-1-4-13-26)39-36(43)30-18-7-9-20-34(30)45-24-28-16-11-17-29(38-28)25-46-35-21-10-8-19-31(35)37(44)40-33(23-42)27-14-5-2-6-15-27/h1-21,32-33,41-42H,22-25H2,(H,39,43)(H,40,44)/t32-,33-/m0/s1. The third-order valence-electron chi connectivity index (χ3n) is 7.26. The van der Waals surface area contributed by atoms with Crippen LogP contribution < -0.4 is 20.1 Å². The number of amides is 2. The van der Waals surface area contributed by atoms with Crippen LogP contribution in [0.2, 0.25) is 0 Å². The van der Waals surface area contributed by atoms with E-state index < -0.39 is 12.1 Å². The number of aliphatic hydroxyl groups is 2. The largest absolute Gasteiger partial charge is 0.486 e. The Kier molecular flexibility index (Phi) is 11.1. The van der Waals surface area contributed by atoms with E-state index in [1.807, 2.05) is 78.9 Å². The second-order valence-electron chi connectivity index (χ2n) is 10.4. The topological polar surface area (TPSA) is 130 Å². The third-order valence-corrected chi connectivity index (χ3v) is 7.26. The number of aliphatic hydroxyl groups excluding tert-OH is 2. The Morgan fingerprint density at radius 2 is 0.935 bits per heavy atom. The Bertz CT molecular complexity index is 1610. The quantitative estimate of drug-likeness (QED) is 0.135. The van der Waals surface area contributed by atoms with Gasteiger partial charge in [0, 0.05) is 0 Å². The highest BCUT2D eigenvalue weighted by Crippen LogP contribution is 2.23. The van der Waals surface area contributed by atoms with Crippen LogP contribution in [-0.2, 0) is 13.2 Å². The van der Waals surface area contributed by atoms with Gasteiger partial charge in [-0.3, -0.25) is 14.6 Å². The summed E-state index contributed by atoms with van der Waals surface area (Å²) in [6, 6.07) is 36.7. The molecule has 0 fully saturated rings. The van der Waals surface area contributed by atoms with Crippen LogP contribution in [0.5, 0.6) is 11.5 Å². The van der Waals surface area contributed by atoms with Crippen LogP contribution >= 0.6 is 0 Å². The summed E-state index contributed by atoms with van der Waals surface area (Å²) in [5.41, 5.74) is 3.50. The van der Waals surface area contributed by atoms with Crippen molar-refractivity contribution in [2.45, 2.75) is 25.3 Å². The first kappa shape index (κ1) is 31.9. The van der Waals surface area contributed by atoms with E-state index in [1.54, 1.807) is 48.5 Å². The van der Waals surface area contributed by atoms with Gasteiger partial charge in [0.05, 0.1) is 47.8 Å². The van der Waals surface area contributed by atoms with Crippen LogP contribution in [0.25, 0.3) is 0 Å². The van der Waals surface area contributed by atoms with Gasteiger partial charge in [-0.2, -0.15) is 0 Å². The summed E-state index contributed by atoms with van der Waals surface area (Å²) in [4.78, 5) is 30.9. The second kappa shape index (κ2) is 16.0. The van der Waals surface area contributed by atoms with Crippen LogP contribution in [0.3, 0.4) is 0 Å². The molecule has 4 N–H and O–H groups in total. The molecule has 0 saturated heterocycles. The minimum atomic E-state index is -0.559. The van der Waals surface area contributed by atoms with E-state index in [0.29, 0.717) is 34.0 Å². The van der Waals surface area contributed by atoms with Gasteiger partial charge in [0.15, 0.2) is 0 Å². The molecule has 0 aliphatic heterocycles. The van der Waals surface area contributed by atoms with Gasteiger partial charge in [-0.25, -0.2) is 0 Å². The van der Waals surface area contributed by atoms with Crippen molar-refractivity contribution >= 4 is 11.8 Å². The van der Waals surface area contributed by atoms with Gasteiger partial charge in [0.1, 0.15) is 24.7 Å². The average molecular weight is 618 g/mol. The van der Waals surface area contributed by atoms with Crippen molar-refractivity contribution in [3.63, 3.8) is 0 Å². The van der Waals surface area contributed by atoms with Crippen molar-refractivity contribution in [1.29, 1.82) is 0 Å². The van der Waals surface area contributed by atoms with Gasteiger partial charge in [0.2, 0.25) is 0 Å². The molecule has 234 valence electrons. The number of carbonyl (C=O) groups is 2. The predicted octanol–water partition coefficient (Wildman–Crippen LogP) is 5.17. The normalized spacial score (nSPS) is 12.0. The summed E-state index contributed by atoms with van der Waals surface area (Å²) in [6.45, 7) is -0.296. The van der Waals surface area contributed by atoms with E-state index in [-0.39, 0.29) is 38.2 Å². The number of carbonyl (C=O) groups excluding carboxylic acids is 2. The molecule has 5 rings (SSSR count). The smallest absolute Gasteiger partial charge is 0.255 e. The summed E-state index contributed by atoms with van der Waals surface area (Å²) in [6.07, 6.45) is 0. The molecule has 0 bridgehead atoms. The zero-order chi connectivity index (χ0) is 32.1. The molecule has 5 aromatic rings. The van der Waals surface area contributed by atoms with Crippen molar-refractivity contribution in [1.82, 2.24) is 15.6 Å². The van der Waals surface area contributed by atoms with Crippen LogP contribution in [0, 0.1) is 0 Å². The Hall–Kier alpha value is -5.51. The molecule has 0 aliphatic carbocycles. The monoisotopic (exact) mass is 617 g/mol. The molecule has 2 atom stereocenters. The summed E-state index contributed by atoms with van der Waals surface area (Å²) >= 11 is 0. The number of nitrogens with zero attached hydrogens (tertiary/aromatic N) is 1. The van der Waals surface area contributed by atoms with Gasteiger partial charge in [0.25, 0.3) is 11.8 Å². The maximum atomic E-state index is 13.1. The number of ether oxygens (including phenoxy) is 2. The summed E-state index contributed by atoms with van der Waals surface area (Å²) in [5.74, 6) is 0.0189. The number of benzene rings is 4. The number of hydrogen-bond donors (Lipinski definition) is 4. The molecule has 1 aromatic heterocycles. The van der Waals surface area contributed by atoms with Gasteiger partial charge in [-0.1, -0.05) is 91.0 Å². The van der Waals surface area contributed by atoms with E-state index in [0.717, 1.165) is 11.1 Å². The lowest BCUT2D eigenvalue weighted by Crippen LogP contribution is -2.31. The average Bonchev–Trinajstić information content (AvgIpc) is 3.12. The SMILES string of the molecule is O=C(N[C@@H](CO)c1ccccc1)c1ccccc1OCc1cccc(COc2ccccc2C(=O)N[C@@H](CO)c2ccccc2)n1. The van der Waals surface area contributed by atoms with Crippen LogP contribution in [0.15, 0.2) is 127 Å². The second-order valence-corrected chi connectivity index (χ2v) is 10.4. The number of aromatic nitrogens is 1. The van der Waals surface area contributed by atoms with Crippen molar-refractivity contribution in [3.05, 3.63) is 161 Å². The Morgan fingerprint density at radius 3 is 1.35 bits per heavy atom. The van der Waals surface area contributed by atoms with E-state index in [2.05, 4.69) is 15.6 Å². The maximum Gasteiger partial charge on any atom is 0.255 e. The van der Waals surface area contributed by atoms with Gasteiger partial charge in [-0.15, -0.1) is 0 Å². The number of hydrogen-bond acceptors (Lipinski definition) is 7. The highest BCUT2D eigenvalue weighted by molar-refractivity contribution is 5.97. The first-order valence-electron chi connectivity index (χ1n) is 14.9. The van der Waals surface area contributed by atoms with Gasteiger partial charge < -0.3 is 30.3 Å². The predicted molar refractivity (Wildman–Crippen MR) is 173 cm³/mol. The van der Waals surface area contributed by atoms with E-state index >= 15 is 0 Å². The molecule has 4 aromatic carbocycles. The molecule has 0 radical (unpaired) electrons. The Balaban J connectivity index is 1.21. The first-order valence-corrected chi connectivity index (χ1v) is 14.9. The molecular formula is C37H35N3O6. The van der Waals surface area contributed by atoms with Gasteiger partial charge >= 0.3 is 0 Å². The van der Waals surface area contributed by atoms with Crippen molar-refractivity contribution in [3.8, 4) is 11.5 Å². The molecule has 9 heteroatoms. The molecule has 0 spiro atoms. The molecular weight excluding hydrogens is 582 g/mol. The highest BCUT2D eigenvalue weighted by Gasteiger charge is 2.19. The summed E-state index contributed by atoms with van der Waals surface area (Å²) in [5, 5.41) is 25.5. The molecule has 9 nitrogen and oxygen atoms in total.